The maximum absolute atomic E-state index is 2.37. The lowest BCUT2D eigenvalue weighted by Gasteiger charge is -2.11. The average Bonchev–Trinajstić information content (AvgIpc) is 2.90. The molecule has 0 bridgehead atoms. The molecule has 0 amide bonds. The highest BCUT2D eigenvalue weighted by atomic mass is 14.5. The molecule has 0 N–H and O–H groups in total. The van der Waals surface area contributed by atoms with Crippen molar-refractivity contribution in [3.8, 4) is 0 Å². The summed E-state index contributed by atoms with van der Waals surface area (Å²) in [6.45, 7) is 2.23. The first kappa shape index (κ1) is 9.45. The number of hydrogen-bond acceptors (Lipinski definition) is 0. The summed E-state index contributed by atoms with van der Waals surface area (Å²) in [4.78, 5) is 0. The van der Waals surface area contributed by atoms with E-state index in [-0.39, 0.29) is 0 Å². The summed E-state index contributed by atoms with van der Waals surface area (Å²) < 4.78 is 0. The molecule has 15 heavy (non-hydrogen) atoms. The van der Waals surface area contributed by atoms with E-state index in [0.717, 1.165) is 17.8 Å². The Bertz CT molecular complexity index is 343. The van der Waals surface area contributed by atoms with E-state index >= 15 is 0 Å². The summed E-state index contributed by atoms with van der Waals surface area (Å²) in [6.07, 6.45) is 8.58. The molecule has 3 rings (SSSR count). The van der Waals surface area contributed by atoms with E-state index in [0.29, 0.717) is 0 Å². The Hall–Kier alpha value is -0.780. The van der Waals surface area contributed by atoms with Gasteiger partial charge in [-0.3, -0.25) is 0 Å². The third kappa shape index (κ3) is 1.71. The highest BCUT2D eigenvalue weighted by molar-refractivity contribution is 5.27. The van der Waals surface area contributed by atoms with E-state index in [1.54, 1.807) is 5.56 Å². The molecule has 1 aromatic carbocycles. The monoisotopic (exact) mass is 200 g/mol. The van der Waals surface area contributed by atoms with E-state index < -0.39 is 0 Å². The molecule has 0 aromatic heterocycles. The standard InChI is InChI=1S/C15H20/c1-2-12-3-5-13(6-4-12)14-7-8-15(11-14)9-10-15/h3-6,14H,2,7-11H2,1H3. The van der Waals surface area contributed by atoms with Crippen LogP contribution in [0.15, 0.2) is 24.3 Å². The van der Waals surface area contributed by atoms with Crippen molar-refractivity contribution in [1.29, 1.82) is 0 Å². The molecule has 0 aliphatic heterocycles. The lowest BCUT2D eigenvalue weighted by molar-refractivity contribution is 0.524. The van der Waals surface area contributed by atoms with Crippen LogP contribution < -0.4 is 0 Å². The van der Waals surface area contributed by atoms with Gasteiger partial charge < -0.3 is 0 Å². The molecule has 0 heterocycles. The van der Waals surface area contributed by atoms with Crippen molar-refractivity contribution in [1.82, 2.24) is 0 Å². The number of benzene rings is 1. The summed E-state index contributed by atoms with van der Waals surface area (Å²) in [6, 6.07) is 9.36. The third-order valence-electron chi connectivity index (χ3n) is 4.52. The molecule has 1 spiro atoms. The topological polar surface area (TPSA) is 0 Å². The summed E-state index contributed by atoms with van der Waals surface area (Å²) >= 11 is 0. The first-order chi connectivity index (χ1) is 7.31. The second kappa shape index (κ2) is 3.37. The molecule has 0 nitrogen and oxygen atoms in total. The number of aryl methyl sites for hydroxylation is 1. The molecule has 1 atom stereocenters. The van der Waals surface area contributed by atoms with Gasteiger partial charge in [0.25, 0.3) is 0 Å². The zero-order valence-electron chi connectivity index (χ0n) is 9.63. The van der Waals surface area contributed by atoms with Gasteiger partial charge in [0.1, 0.15) is 0 Å². The van der Waals surface area contributed by atoms with E-state index in [4.69, 9.17) is 0 Å². The van der Waals surface area contributed by atoms with Crippen molar-refractivity contribution >= 4 is 0 Å². The SMILES string of the molecule is CCc1ccc(C2CCC3(CC3)C2)cc1. The molecule has 2 aliphatic rings. The van der Waals surface area contributed by atoms with Gasteiger partial charge in [-0.15, -0.1) is 0 Å². The van der Waals surface area contributed by atoms with Crippen molar-refractivity contribution < 1.29 is 0 Å². The Kier molecular flexibility index (Phi) is 2.12. The van der Waals surface area contributed by atoms with Crippen LogP contribution in [0.2, 0.25) is 0 Å². The summed E-state index contributed by atoms with van der Waals surface area (Å²) in [5.74, 6) is 0.874. The molecular formula is C15H20. The molecule has 0 saturated heterocycles. The third-order valence-corrected chi connectivity index (χ3v) is 4.52. The number of hydrogen-bond donors (Lipinski definition) is 0. The van der Waals surface area contributed by atoms with Gasteiger partial charge in [0.05, 0.1) is 0 Å². The lowest BCUT2D eigenvalue weighted by atomic mass is 9.94. The van der Waals surface area contributed by atoms with Gasteiger partial charge in [-0.2, -0.15) is 0 Å². The minimum atomic E-state index is 0.814. The van der Waals surface area contributed by atoms with Crippen molar-refractivity contribution in [2.75, 3.05) is 0 Å². The van der Waals surface area contributed by atoms with Crippen LogP contribution in [0.5, 0.6) is 0 Å². The molecule has 1 aromatic rings. The fourth-order valence-electron chi connectivity index (χ4n) is 3.15. The quantitative estimate of drug-likeness (QED) is 0.668. The second-order valence-electron chi connectivity index (χ2n) is 5.53. The fourth-order valence-corrected chi connectivity index (χ4v) is 3.15. The predicted octanol–water partition coefficient (Wildman–Crippen LogP) is 4.30. The minimum Gasteiger partial charge on any atom is -0.0613 e. The van der Waals surface area contributed by atoms with Gasteiger partial charge >= 0.3 is 0 Å². The van der Waals surface area contributed by atoms with E-state index in [9.17, 15) is 0 Å². The Morgan fingerprint density at radius 3 is 2.40 bits per heavy atom. The van der Waals surface area contributed by atoms with Gasteiger partial charge in [0.2, 0.25) is 0 Å². The van der Waals surface area contributed by atoms with Crippen LogP contribution in [0.4, 0.5) is 0 Å². The zero-order chi connectivity index (χ0) is 10.3. The maximum atomic E-state index is 2.37. The van der Waals surface area contributed by atoms with Crippen molar-refractivity contribution in [3.63, 3.8) is 0 Å². The summed E-state index contributed by atoms with van der Waals surface area (Å²) in [5.41, 5.74) is 3.88. The van der Waals surface area contributed by atoms with Gasteiger partial charge in [-0.1, -0.05) is 31.2 Å². The fraction of sp³-hybridized carbons (Fsp3) is 0.600. The normalized spacial score (nSPS) is 27.1. The molecule has 80 valence electrons. The van der Waals surface area contributed by atoms with Crippen LogP contribution in [-0.2, 0) is 6.42 Å². The van der Waals surface area contributed by atoms with Crippen molar-refractivity contribution in [3.05, 3.63) is 35.4 Å². The first-order valence-corrected chi connectivity index (χ1v) is 6.40. The second-order valence-corrected chi connectivity index (χ2v) is 5.53. The zero-order valence-corrected chi connectivity index (χ0v) is 9.63. The minimum absolute atomic E-state index is 0.814. The molecule has 2 aliphatic carbocycles. The first-order valence-electron chi connectivity index (χ1n) is 6.40. The highest BCUT2D eigenvalue weighted by Gasteiger charge is 2.48. The summed E-state index contributed by atoms with van der Waals surface area (Å²) in [5, 5.41) is 0. The Morgan fingerprint density at radius 1 is 1.13 bits per heavy atom. The van der Waals surface area contributed by atoms with Gasteiger partial charge in [0, 0.05) is 0 Å². The summed E-state index contributed by atoms with van der Waals surface area (Å²) in [7, 11) is 0. The Labute approximate surface area is 92.7 Å². The van der Waals surface area contributed by atoms with Gasteiger partial charge in [0.15, 0.2) is 0 Å². The average molecular weight is 200 g/mol. The largest absolute Gasteiger partial charge is 0.0613 e. The van der Waals surface area contributed by atoms with Crippen LogP contribution in [-0.4, -0.2) is 0 Å². The lowest BCUT2D eigenvalue weighted by Crippen LogP contribution is -1.95. The van der Waals surface area contributed by atoms with Crippen LogP contribution in [0.3, 0.4) is 0 Å². The maximum Gasteiger partial charge on any atom is -0.0156 e. The van der Waals surface area contributed by atoms with Crippen LogP contribution in [0.25, 0.3) is 0 Å². The van der Waals surface area contributed by atoms with E-state index in [2.05, 4.69) is 31.2 Å². The molecule has 2 fully saturated rings. The molecular weight excluding hydrogens is 180 g/mol. The van der Waals surface area contributed by atoms with Crippen LogP contribution in [0.1, 0.15) is 56.1 Å². The highest BCUT2D eigenvalue weighted by Crippen LogP contribution is 2.61. The Morgan fingerprint density at radius 2 is 1.87 bits per heavy atom. The van der Waals surface area contributed by atoms with E-state index in [1.165, 1.54) is 37.7 Å². The molecule has 0 heteroatoms. The van der Waals surface area contributed by atoms with Crippen LogP contribution >= 0.6 is 0 Å². The molecule has 0 radical (unpaired) electrons. The predicted molar refractivity (Wildman–Crippen MR) is 64.1 cm³/mol. The molecule has 1 unspecified atom stereocenters. The van der Waals surface area contributed by atoms with Gasteiger partial charge in [-0.25, -0.2) is 0 Å². The van der Waals surface area contributed by atoms with Gasteiger partial charge in [-0.05, 0) is 61.0 Å². The van der Waals surface area contributed by atoms with Crippen molar-refractivity contribution in [2.45, 2.75) is 51.4 Å². The van der Waals surface area contributed by atoms with Crippen LogP contribution in [0, 0.1) is 5.41 Å². The number of rotatable bonds is 2. The van der Waals surface area contributed by atoms with Crippen molar-refractivity contribution in [2.24, 2.45) is 5.41 Å². The van der Waals surface area contributed by atoms with E-state index in [1.807, 2.05) is 0 Å². The Balaban J connectivity index is 1.75. The molecule has 2 saturated carbocycles. The smallest absolute Gasteiger partial charge is 0.0156 e.